The SMILES string of the molecule is CC[C@H](F)C([O])=O. The molecule has 0 aliphatic carbocycles. The van der Waals surface area contributed by atoms with E-state index in [2.05, 4.69) is 0 Å². The van der Waals surface area contributed by atoms with Crippen LogP contribution in [0, 0.1) is 0 Å². The molecule has 41 valence electrons. The van der Waals surface area contributed by atoms with Gasteiger partial charge in [0.25, 0.3) is 0 Å². The van der Waals surface area contributed by atoms with E-state index in [1.54, 1.807) is 0 Å². The van der Waals surface area contributed by atoms with Gasteiger partial charge in [-0.2, -0.15) is 0 Å². The summed E-state index contributed by atoms with van der Waals surface area (Å²) in [5, 5.41) is 9.44. The average Bonchev–Trinajstić information content (AvgIpc) is 1.65. The Kier molecular flexibility index (Phi) is 2.33. The molecule has 0 aromatic rings. The summed E-state index contributed by atoms with van der Waals surface area (Å²) < 4.78 is 11.6. The Labute approximate surface area is 41.0 Å². The number of carbonyl (C=O) groups excluding carboxylic acids is 1. The second kappa shape index (κ2) is 2.55. The van der Waals surface area contributed by atoms with Crippen LogP contribution < -0.4 is 0 Å². The standard InChI is InChI=1S/C4H6FO2/c1-2-3(5)4(6)7/h3H,2H2,1H3/t3-/m0/s1. The van der Waals surface area contributed by atoms with Gasteiger partial charge in [-0.1, -0.05) is 6.92 Å². The van der Waals surface area contributed by atoms with Crippen LogP contribution in [-0.4, -0.2) is 12.1 Å². The predicted octanol–water partition coefficient (Wildman–Crippen LogP) is 0.692. The first-order valence-electron chi connectivity index (χ1n) is 2.03. The van der Waals surface area contributed by atoms with Crippen molar-refractivity contribution in [1.29, 1.82) is 0 Å². The molecule has 0 aliphatic rings. The Morgan fingerprint density at radius 3 is 2.29 bits per heavy atom. The van der Waals surface area contributed by atoms with E-state index >= 15 is 0 Å². The summed E-state index contributed by atoms with van der Waals surface area (Å²) in [5.41, 5.74) is 0. The first-order valence-corrected chi connectivity index (χ1v) is 2.03. The normalized spacial score (nSPS) is 13.4. The van der Waals surface area contributed by atoms with Crippen molar-refractivity contribution in [2.45, 2.75) is 19.5 Å². The van der Waals surface area contributed by atoms with E-state index < -0.39 is 12.1 Å². The molecular weight excluding hydrogens is 99.0 g/mol. The van der Waals surface area contributed by atoms with E-state index in [4.69, 9.17) is 0 Å². The number of alkyl halides is 1. The molecule has 0 spiro atoms. The minimum atomic E-state index is -1.79. The van der Waals surface area contributed by atoms with E-state index in [1.165, 1.54) is 6.92 Å². The van der Waals surface area contributed by atoms with Gasteiger partial charge in [-0.25, -0.2) is 14.3 Å². The maximum absolute atomic E-state index is 11.6. The molecule has 0 heterocycles. The highest BCUT2D eigenvalue weighted by Gasteiger charge is 2.13. The number of hydrogen-bond acceptors (Lipinski definition) is 1. The summed E-state index contributed by atoms with van der Waals surface area (Å²) in [4.78, 5) is 9.44. The molecule has 0 N–H and O–H groups in total. The smallest absolute Gasteiger partial charge is 0.244 e. The van der Waals surface area contributed by atoms with Crippen LogP contribution in [0.2, 0.25) is 0 Å². The Morgan fingerprint density at radius 2 is 2.29 bits per heavy atom. The molecule has 0 rings (SSSR count). The van der Waals surface area contributed by atoms with Gasteiger partial charge in [0.1, 0.15) is 0 Å². The fourth-order valence-corrected chi connectivity index (χ4v) is 0.167. The van der Waals surface area contributed by atoms with Crippen LogP contribution in [0.3, 0.4) is 0 Å². The third kappa shape index (κ3) is 2.14. The van der Waals surface area contributed by atoms with Crippen molar-refractivity contribution in [3.05, 3.63) is 0 Å². The van der Waals surface area contributed by atoms with E-state index in [9.17, 15) is 14.3 Å². The van der Waals surface area contributed by atoms with Crippen LogP contribution >= 0.6 is 0 Å². The summed E-state index contributed by atoms with van der Waals surface area (Å²) in [6.45, 7) is 1.44. The zero-order chi connectivity index (χ0) is 5.86. The third-order valence-corrected chi connectivity index (χ3v) is 0.614. The van der Waals surface area contributed by atoms with Crippen LogP contribution in [0.5, 0.6) is 0 Å². The fraction of sp³-hybridized carbons (Fsp3) is 0.750. The van der Waals surface area contributed by atoms with Gasteiger partial charge in [-0.05, 0) is 6.42 Å². The number of rotatable bonds is 2. The number of carbonyl (C=O) groups is 1. The zero-order valence-electron chi connectivity index (χ0n) is 3.98. The molecule has 3 heteroatoms. The molecule has 0 unspecified atom stereocenters. The predicted molar refractivity (Wildman–Crippen MR) is 20.9 cm³/mol. The van der Waals surface area contributed by atoms with Gasteiger partial charge in [0.05, 0.1) is 0 Å². The summed E-state index contributed by atoms with van der Waals surface area (Å²) in [6, 6.07) is 0. The third-order valence-electron chi connectivity index (χ3n) is 0.614. The largest absolute Gasteiger partial charge is 0.389 e. The molecule has 2 nitrogen and oxygen atoms in total. The van der Waals surface area contributed by atoms with Crippen molar-refractivity contribution in [2.75, 3.05) is 0 Å². The van der Waals surface area contributed by atoms with Crippen LogP contribution in [0.25, 0.3) is 0 Å². The maximum atomic E-state index is 11.6. The lowest BCUT2D eigenvalue weighted by atomic mass is 10.3. The van der Waals surface area contributed by atoms with Crippen molar-refractivity contribution in [2.24, 2.45) is 0 Å². The molecule has 0 aliphatic heterocycles. The van der Waals surface area contributed by atoms with Gasteiger partial charge in [0, 0.05) is 0 Å². The van der Waals surface area contributed by atoms with Crippen LogP contribution in [0.1, 0.15) is 13.3 Å². The first-order chi connectivity index (χ1) is 3.18. The quantitative estimate of drug-likeness (QED) is 0.509. The minimum Gasteiger partial charge on any atom is -0.244 e. The van der Waals surface area contributed by atoms with Gasteiger partial charge in [-0.15, -0.1) is 0 Å². The summed E-state index contributed by atoms with van der Waals surface area (Å²) in [6.07, 6.45) is -1.80. The highest BCUT2D eigenvalue weighted by molar-refractivity contribution is 5.71. The summed E-state index contributed by atoms with van der Waals surface area (Å²) in [7, 11) is 0. The van der Waals surface area contributed by atoms with Crippen LogP contribution in [-0.2, 0) is 9.90 Å². The molecule has 0 saturated heterocycles. The fourth-order valence-electron chi connectivity index (χ4n) is 0.167. The second-order valence-electron chi connectivity index (χ2n) is 1.19. The molecule has 0 aromatic heterocycles. The molecule has 0 amide bonds. The maximum Gasteiger partial charge on any atom is 0.389 e. The Hall–Kier alpha value is -0.600. The lowest BCUT2D eigenvalue weighted by Crippen LogP contribution is -2.10. The average molecular weight is 105 g/mol. The zero-order valence-corrected chi connectivity index (χ0v) is 3.98. The minimum absolute atomic E-state index is 0.0116. The summed E-state index contributed by atoms with van der Waals surface area (Å²) in [5.74, 6) is -1.62. The van der Waals surface area contributed by atoms with Crippen molar-refractivity contribution >= 4 is 5.97 Å². The van der Waals surface area contributed by atoms with Crippen LogP contribution in [0.15, 0.2) is 0 Å². The molecular formula is C4H6FO2. The molecule has 0 bridgehead atoms. The second-order valence-corrected chi connectivity index (χ2v) is 1.19. The van der Waals surface area contributed by atoms with Crippen molar-refractivity contribution < 1.29 is 14.3 Å². The number of halogens is 1. The van der Waals surface area contributed by atoms with Gasteiger partial charge in [0.2, 0.25) is 6.17 Å². The highest BCUT2D eigenvalue weighted by Crippen LogP contribution is 1.94. The van der Waals surface area contributed by atoms with Gasteiger partial charge >= 0.3 is 5.97 Å². The van der Waals surface area contributed by atoms with E-state index in [0.717, 1.165) is 0 Å². The topological polar surface area (TPSA) is 37.0 Å². The van der Waals surface area contributed by atoms with E-state index in [-0.39, 0.29) is 6.42 Å². The Balaban J connectivity index is 3.34. The lowest BCUT2D eigenvalue weighted by Gasteiger charge is -1.89. The van der Waals surface area contributed by atoms with Crippen molar-refractivity contribution in [3.8, 4) is 0 Å². The van der Waals surface area contributed by atoms with E-state index in [1.807, 2.05) is 0 Å². The molecule has 0 fully saturated rings. The van der Waals surface area contributed by atoms with Gasteiger partial charge in [-0.3, -0.25) is 0 Å². The Morgan fingerprint density at radius 1 is 1.86 bits per heavy atom. The van der Waals surface area contributed by atoms with Crippen molar-refractivity contribution in [3.63, 3.8) is 0 Å². The lowest BCUT2D eigenvalue weighted by molar-refractivity contribution is -0.149. The molecule has 7 heavy (non-hydrogen) atoms. The van der Waals surface area contributed by atoms with Gasteiger partial charge in [0.15, 0.2) is 0 Å². The number of hydrogen-bond donors (Lipinski definition) is 0. The molecule has 0 aromatic carbocycles. The van der Waals surface area contributed by atoms with Crippen molar-refractivity contribution in [1.82, 2.24) is 0 Å². The highest BCUT2D eigenvalue weighted by atomic mass is 19.1. The molecule has 0 saturated carbocycles. The summed E-state index contributed by atoms with van der Waals surface area (Å²) >= 11 is 0. The molecule has 1 atom stereocenters. The van der Waals surface area contributed by atoms with Gasteiger partial charge < -0.3 is 0 Å². The van der Waals surface area contributed by atoms with E-state index in [0.29, 0.717) is 0 Å². The Bertz CT molecular complexity index is 72.1. The molecule has 1 radical (unpaired) electrons. The van der Waals surface area contributed by atoms with Crippen LogP contribution in [0.4, 0.5) is 4.39 Å². The first kappa shape index (κ1) is 6.40. The monoisotopic (exact) mass is 105 g/mol.